The summed E-state index contributed by atoms with van der Waals surface area (Å²) in [4.78, 5) is 13.9. The van der Waals surface area contributed by atoms with Gasteiger partial charge in [0, 0.05) is 6.54 Å². The second-order valence-corrected chi connectivity index (χ2v) is 4.92. The van der Waals surface area contributed by atoms with Crippen LogP contribution in [0.4, 0.5) is 0 Å². The SMILES string of the molecule is CCC1NC(C)N(CCC2CCC2)C1=O. The van der Waals surface area contributed by atoms with Crippen molar-refractivity contribution in [2.75, 3.05) is 6.54 Å². The van der Waals surface area contributed by atoms with Crippen molar-refractivity contribution in [1.29, 1.82) is 0 Å². The molecule has 1 aliphatic carbocycles. The Hall–Kier alpha value is -0.570. The Bertz CT molecular complexity index is 238. The molecular formula is C12H22N2O. The number of hydrogen-bond acceptors (Lipinski definition) is 2. The number of nitrogens with one attached hydrogen (secondary N) is 1. The highest BCUT2D eigenvalue weighted by atomic mass is 16.2. The fourth-order valence-electron chi connectivity index (χ4n) is 2.54. The average Bonchev–Trinajstić information content (AvgIpc) is 2.42. The van der Waals surface area contributed by atoms with Crippen LogP contribution in [-0.2, 0) is 4.79 Å². The number of hydrogen-bond donors (Lipinski definition) is 1. The van der Waals surface area contributed by atoms with E-state index in [2.05, 4.69) is 19.2 Å². The Kier molecular flexibility index (Phi) is 3.29. The molecule has 2 atom stereocenters. The zero-order chi connectivity index (χ0) is 10.8. The first-order chi connectivity index (χ1) is 7.22. The minimum atomic E-state index is 0.0707. The van der Waals surface area contributed by atoms with Gasteiger partial charge < -0.3 is 4.90 Å². The van der Waals surface area contributed by atoms with Crippen LogP contribution in [0, 0.1) is 5.92 Å². The summed E-state index contributed by atoms with van der Waals surface area (Å²) in [5, 5.41) is 3.34. The molecule has 0 radical (unpaired) electrons. The number of amides is 1. The fraction of sp³-hybridized carbons (Fsp3) is 0.917. The van der Waals surface area contributed by atoms with Crippen molar-refractivity contribution < 1.29 is 4.79 Å². The van der Waals surface area contributed by atoms with E-state index in [4.69, 9.17) is 0 Å². The predicted molar refractivity (Wildman–Crippen MR) is 60.3 cm³/mol. The fourth-order valence-corrected chi connectivity index (χ4v) is 2.54. The molecule has 0 spiro atoms. The molecule has 0 aromatic carbocycles. The summed E-state index contributed by atoms with van der Waals surface area (Å²) >= 11 is 0. The molecule has 1 saturated heterocycles. The molecule has 1 N–H and O–H groups in total. The van der Waals surface area contributed by atoms with Gasteiger partial charge in [0.2, 0.25) is 5.91 Å². The molecule has 1 saturated carbocycles. The lowest BCUT2D eigenvalue weighted by molar-refractivity contribution is -0.130. The van der Waals surface area contributed by atoms with Crippen LogP contribution in [0.1, 0.15) is 46.0 Å². The van der Waals surface area contributed by atoms with Crippen LogP contribution in [0.25, 0.3) is 0 Å². The van der Waals surface area contributed by atoms with Crippen LogP contribution in [0.5, 0.6) is 0 Å². The zero-order valence-electron chi connectivity index (χ0n) is 9.83. The van der Waals surface area contributed by atoms with Crippen LogP contribution in [-0.4, -0.2) is 29.6 Å². The maximum atomic E-state index is 11.9. The van der Waals surface area contributed by atoms with Gasteiger partial charge in [0.1, 0.15) is 0 Å². The highest BCUT2D eigenvalue weighted by Gasteiger charge is 2.35. The van der Waals surface area contributed by atoms with Crippen molar-refractivity contribution in [1.82, 2.24) is 10.2 Å². The Labute approximate surface area is 92.2 Å². The minimum Gasteiger partial charge on any atom is -0.326 e. The molecule has 1 amide bonds. The lowest BCUT2D eigenvalue weighted by Gasteiger charge is -2.29. The molecule has 2 fully saturated rings. The van der Waals surface area contributed by atoms with Gasteiger partial charge in [0.25, 0.3) is 0 Å². The molecule has 2 rings (SSSR count). The standard InChI is InChI=1S/C12H22N2O/c1-3-11-12(15)14(9(2)13-11)8-7-10-5-4-6-10/h9-11,13H,3-8H2,1-2H3. The number of carbonyl (C=O) groups is 1. The van der Waals surface area contributed by atoms with E-state index in [1.54, 1.807) is 0 Å². The molecular weight excluding hydrogens is 188 g/mol. The van der Waals surface area contributed by atoms with Crippen LogP contribution >= 0.6 is 0 Å². The smallest absolute Gasteiger partial charge is 0.240 e. The van der Waals surface area contributed by atoms with E-state index >= 15 is 0 Å². The Morgan fingerprint density at radius 2 is 2.20 bits per heavy atom. The van der Waals surface area contributed by atoms with Crippen molar-refractivity contribution >= 4 is 5.91 Å². The summed E-state index contributed by atoms with van der Waals surface area (Å²) in [6.45, 7) is 5.11. The van der Waals surface area contributed by atoms with Crippen molar-refractivity contribution in [3.05, 3.63) is 0 Å². The van der Waals surface area contributed by atoms with Gasteiger partial charge in [-0.25, -0.2) is 0 Å². The quantitative estimate of drug-likeness (QED) is 0.766. The Balaban J connectivity index is 1.82. The lowest BCUT2D eigenvalue weighted by atomic mass is 9.83. The molecule has 3 heteroatoms. The normalized spacial score (nSPS) is 32.1. The summed E-state index contributed by atoms with van der Waals surface area (Å²) in [6, 6.07) is 0.0707. The summed E-state index contributed by atoms with van der Waals surface area (Å²) < 4.78 is 0. The van der Waals surface area contributed by atoms with Crippen molar-refractivity contribution in [2.24, 2.45) is 5.92 Å². The molecule has 0 bridgehead atoms. The van der Waals surface area contributed by atoms with E-state index in [1.165, 1.54) is 25.7 Å². The first-order valence-electron chi connectivity index (χ1n) is 6.29. The molecule has 2 aliphatic rings. The molecule has 86 valence electrons. The van der Waals surface area contributed by atoms with Crippen molar-refractivity contribution in [2.45, 2.75) is 58.2 Å². The van der Waals surface area contributed by atoms with Crippen LogP contribution < -0.4 is 5.32 Å². The van der Waals surface area contributed by atoms with Gasteiger partial charge in [-0.05, 0) is 25.7 Å². The number of rotatable bonds is 4. The third-order valence-electron chi connectivity index (χ3n) is 3.90. The van der Waals surface area contributed by atoms with Crippen molar-refractivity contribution in [3.8, 4) is 0 Å². The molecule has 1 aliphatic heterocycles. The predicted octanol–water partition coefficient (Wildman–Crippen LogP) is 1.73. The lowest BCUT2D eigenvalue weighted by Crippen LogP contribution is -2.36. The van der Waals surface area contributed by atoms with Gasteiger partial charge in [0.05, 0.1) is 12.2 Å². The summed E-state index contributed by atoms with van der Waals surface area (Å²) in [5.74, 6) is 1.20. The van der Waals surface area contributed by atoms with E-state index in [0.29, 0.717) is 5.91 Å². The zero-order valence-corrected chi connectivity index (χ0v) is 9.83. The van der Waals surface area contributed by atoms with E-state index < -0.39 is 0 Å². The van der Waals surface area contributed by atoms with Crippen LogP contribution in [0.2, 0.25) is 0 Å². The largest absolute Gasteiger partial charge is 0.326 e. The molecule has 1 heterocycles. The second-order valence-electron chi connectivity index (χ2n) is 4.92. The van der Waals surface area contributed by atoms with Crippen LogP contribution in [0.3, 0.4) is 0 Å². The third kappa shape index (κ3) is 2.17. The first kappa shape index (κ1) is 10.9. The van der Waals surface area contributed by atoms with Gasteiger partial charge in [-0.2, -0.15) is 0 Å². The molecule has 0 aromatic rings. The molecule has 15 heavy (non-hydrogen) atoms. The Morgan fingerprint density at radius 1 is 1.47 bits per heavy atom. The number of carbonyl (C=O) groups excluding carboxylic acids is 1. The van der Waals surface area contributed by atoms with E-state index in [1.807, 2.05) is 4.90 Å². The molecule has 0 aromatic heterocycles. The maximum absolute atomic E-state index is 11.9. The van der Waals surface area contributed by atoms with Gasteiger partial charge >= 0.3 is 0 Å². The highest BCUT2D eigenvalue weighted by Crippen LogP contribution is 2.30. The van der Waals surface area contributed by atoms with Gasteiger partial charge in [-0.15, -0.1) is 0 Å². The van der Waals surface area contributed by atoms with Gasteiger partial charge in [-0.1, -0.05) is 26.2 Å². The van der Waals surface area contributed by atoms with Gasteiger partial charge in [0.15, 0.2) is 0 Å². The molecule has 2 unspecified atom stereocenters. The Morgan fingerprint density at radius 3 is 2.67 bits per heavy atom. The highest BCUT2D eigenvalue weighted by molar-refractivity contribution is 5.84. The van der Waals surface area contributed by atoms with Gasteiger partial charge in [-0.3, -0.25) is 10.1 Å². The van der Waals surface area contributed by atoms with Crippen LogP contribution in [0.15, 0.2) is 0 Å². The molecule has 3 nitrogen and oxygen atoms in total. The average molecular weight is 210 g/mol. The minimum absolute atomic E-state index is 0.0707. The topological polar surface area (TPSA) is 32.3 Å². The number of nitrogens with zero attached hydrogens (tertiary/aromatic N) is 1. The summed E-state index contributed by atoms with van der Waals surface area (Å²) in [7, 11) is 0. The van der Waals surface area contributed by atoms with E-state index in [-0.39, 0.29) is 12.2 Å². The maximum Gasteiger partial charge on any atom is 0.240 e. The van der Waals surface area contributed by atoms with E-state index in [9.17, 15) is 4.79 Å². The van der Waals surface area contributed by atoms with E-state index in [0.717, 1.165) is 18.9 Å². The monoisotopic (exact) mass is 210 g/mol. The third-order valence-corrected chi connectivity index (χ3v) is 3.90. The summed E-state index contributed by atoms with van der Waals surface area (Å²) in [6.07, 6.45) is 6.49. The first-order valence-corrected chi connectivity index (χ1v) is 6.29. The van der Waals surface area contributed by atoms with Crippen molar-refractivity contribution in [3.63, 3.8) is 0 Å². The second kappa shape index (κ2) is 4.52. The summed E-state index contributed by atoms with van der Waals surface area (Å²) in [5.41, 5.74) is 0.